The number of aliphatic hydroxyl groups is 1. The molecule has 3 rings (SSSR count). The van der Waals surface area contributed by atoms with E-state index in [-0.39, 0.29) is 11.6 Å². The SMILES string of the molecule is CC(N)c1nc(C(=O)N[C@H](C(=O)Nc2ccc(N3CCOCC3)cc2)[C@@H](C)O)co1. The fraction of sp³-hybridized carbons (Fsp3) is 0.450. The summed E-state index contributed by atoms with van der Waals surface area (Å²) >= 11 is 0. The Hall–Kier alpha value is -2.95. The lowest BCUT2D eigenvalue weighted by Crippen LogP contribution is -2.50. The van der Waals surface area contributed by atoms with E-state index in [4.69, 9.17) is 14.9 Å². The number of nitrogens with two attached hydrogens (primary N) is 1. The van der Waals surface area contributed by atoms with Crippen LogP contribution in [0.1, 0.15) is 36.3 Å². The normalized spacial score (nSPS) is 17.1. The Labute approximate surface area is 174 Å². The molecule has 0 radical (unpaired) electrons. The van der Waals surface area contributed by atoms with Crippen LogP contribution in [0.3, 0.4) is 0 Å². The van der Waals surface area contributed by atoms with E-state index in [9.17, 15) is 14.7 Å². The van der Waals surface area contributed by atoms with Crippen LogP contribution < -0.4 is 21.3 Å². The first-order valence-electron chi connectivity index (χ1n) is 9.78. The van der Waals surface area contributed by atoms with Crippen molar-refractivity contribution in [1.82, 2.24) is 10.3 Å². The molecule has 1 fully saturated rings. The van der Waals surface area contributed by atoms with Gasteiger partial charge in [-0.05, 0) is 38.1 Å². The Kier molecular flexibility index (Phi) is 7.03. The Bertz CT molecular complexity index is 859. The molecule has 5 N–H and O–H groups in total. The Morgan fingerprint density at radius 1 is 1.20 bits per heavy atom. The zero-order valence-corrected chi connectivity index (χ0v) is 17.0. The summed E-state index contributed by atoms with van der Waals surface area (Å²) in [6.45, 7) is 6.09. The highest BCUT2D eigenvalue weighted by Crippen LogP contribution is 2.19. The maximum absolute atomic E-state index is 12.6. The number of amides is 2. The number of carbonyl (C=O) groups excluding carboxylic acids is 2. The van der Waals surface area contributed by atoms with Crippen molar-refractivity contribution in [2.24, 2.45) is 5.73 Å². The van der Waals surface area contributed by atoms with Crippen molar-refractivity contribution in [1.29, 1.82) is 0 Å². The third-order valence-electron chi connectivity index (χ3n) is 4.71. The molecule has 10 nitrogen and oxygen atoms in total. The first-order chi connectivity index (χ1) is 14.3. The van der Waals surface area contributed by atoms with Crippen molar-refractivity contribution in [2.75, 3.05) is 36.5 Å². The van der Waals surface area contributed by atoms with Crippen LogP contribution in [0.25, 0.3) is 0 Å². The van der Waals surface area contributed by atoms with E-state index < -0.39 is 30.0 Å². The van der Waals surface area contributed by atoms with Crippen LogP contribution in [0, 0.1) is 0 Å². The van der Waals surface area contributed by atoms with Crippen LogP contribution in [0.4, 0.5) is 11.4 Å². The number of aromatic nitrogens is 1. The summed E-state index contributed by atoms with van der Waals surface area (Å²) in [7, 11) is 0. The second-order valence-corrected chi connectivity index (χ2v) is 7.19. The fourth-order valence-electron chi connectivity index (χ4n) is 3.02. The predicted octanol–water partition coefficient (Wildman–Crippen LogP) is 0.649. The maximum Gasteiger partial charge on any atom is 0.273 e. The Balaban J connectivity index is 1.62. The number of carbonyl (C=O) groups is 2. The molecule has 0 saturated carbocycles. The van der Waals surface area contributed by atoms with Crippen LogP contribution in [0.5, 0.6) is 0 Å². The van der Waals surface area contributed by atoms with Gasteiger partial charge in [-0.25, -0.2) is 4.98 Å². The van der Waals surface area contributed by atoms with Crippen molar-refractivity contribution in [3.05, 3.63) is 42.1 Å². The standard InChI is InChI=1S/C20H27N5O5/c1-12(21)20-23-16(11-30-20)18(27)24-17(13(2)26)19(28)22-14-3-5-15(6-4-14)25-7-9-29-10-8-25/h3-6,11-13,17,26H,7-10,21H2,1-2H3,(H,22,28)(H,24,27)/t12?,13-,17+/m1/s1. The summed E-state index contributed by atoms with van der Waals surface area (Å²) in [6.07, 6.45) is 0.0384. The van der Waals surface area contributed by atoms with Crippen LogP contribution in [-0.2, 0) is 9.53 Å². The summed E-state index contributed by atoms with van der Waals surface area (Å²) in [5.74, 6) is -0.985. The number of rotatable bonds is 7. The van der Waals surface area contributed by atoms with Gasteiger partial charge in [0.2, 0.25) is 11.8 Å². The van der Waals surface area contributed by atoms with Gasteiger partial charge < -0.3 is 35.5 Å². The summed E-state index contributed by atoms with van der Waals surface area (Å²) < 4.78 is 10.5. The number of benzene rings is 1. The predicted molar refractivity (Wildman–Crippen MR) is 110 cm³/mol. The van der Waals surface area contributed by atoms with Gasteiger partial charge >= 0.3 is 0 Å². The van der Waals surface area contributed by atoms with E-state index in [1.54, 1.807) is 19.1 Å². The van der Waals surface area contributed by atoms with E-state index in [2.05, 4.69) is 20.5 Å². The number of hydrogen-bond acceptors (Lipinski definition) is 8. The van der Waals surface area contributed by atoms with Gasteiger partial charge in [-0.3, -0.25) is 9.59 Å². The van der Waals surface area contributed by atoms with E-state index in [1.807, 2.05) is 12.1 Å². The number of ether oxygens (including phenoxy) is 1. The molecular formula is C20H27N5O5. The molecule has 1 aromatic carbocycles. The van der Waals surface area contributed by atoms with E-state index >= 15 is 0 Å². The number of morpholine rings is 1. The first kappa shape index (κ1) is 21.8. The van der Waals surface area contributed by atoms with Crippen LogP contribution in [-0.4, -0.2) is 60.4 Å². The summed E-state index contributed by atoms with van der Waals surface area (Å²) in [6, 6.07) is 5.71. The molecule has 2 aromatic rings. The number of anilines is 2. The molecule has 1 unspecified atom stereocenters. The number of nitrogens with one attached hydrogen (secondary N) is 2. The smallest absolute Gasteiger partial charge is 0.273 e. The number of aliphatic hydroxyl groups excluding tert-OH is 1. The largest absolute Gasteiger partial charge is 0.446 e. The zero-order valence-electron chi connectivity index (χ0n) is 17.0. The number of oxazole rings is 1. The second-order valence-electron chi connectivity index (χ2n) is 7.19. The molecule has 162 valence electrons. The zero-order chi connectivity index (χ0) is 21.7. The highest BCUT2D eigenvalue weighted by atomic mass is 16.5. The van der Waals surface area contributed by atoms with Crippen molar-refractivity contribution in [3.8, 4) is 0 Å². The minimum atomic E-state index is -1.17. The van der Waals surface area contributed by atoms with Crippen LogP contribution in [0.2, 0.25) is 0 Å². The topological polar surface area (TPSA) is 143 Å². The third kappa shape index (κ3) is 5.35. The molecule has 1 aliphatic heterocycles. The minimum Gasteiger partial charge on any atom is -0.446 e. The van der Waals surface area contributed by atoms with Gasteiger partial charge in [-0.2, -0.15) is 0 Å². The fourth-order valence-corrected chi connectivity index (χ4v) is 3.02. The third-order valence-corrected chi connectivity index (χ3v) is 4.71. The minimum absolute atomic E-state index is 0.0179. The van der Waals surface area contributed by atoms with Gasteiger partial charge in [0, 0.05) is 24.5 Å². The lowest BCUT2D eigenvalue weighted by atomic mass is 10.1. The van der Waals surface area contributed by atoms with Gasteiger partial charge in [0.1, 0.15) is 12.3 Å². The van der Waals surface area contributed by atoms with Gasteiger partial charge in [0.15, 0.2) is 5.69 Å². The van der Waals surface area contributed by atoms with Crippen LogP contribution in [0.15, 0.2) is 34.9 Å². The average molecular weight is 417 g/mol. The van der Waals surface area contributed by atoms with Crippen LogP contribution >= 0.6 is 0 Å². The quantitative estimate of drug-likeness (QED) is 0.514. The molecular weight excluding hydrogens is 390 g/mol. The number of hydrogen-bond donors (Lipinski definition) is 4. The van der Waals surface area contributed by atoms with Gasteiger partial charge in [0.05, 0.1) is 25.4 Å². The molecule has 30 heavy (non-hydrogen) atoms. The van der Waals surface area contributed by atoms with Gasteiger partial charge in [0.25, 0.3) is 5.91 Å². The molecule has 3 atom stereocenters. The highest BCUT2D eigenvalue weighted by Gasteiger charge is 2.27. The van der Waals surface area contributed by atoms with Crippen molar-refractivity contribution in [3.63, 3.8) is 0 Å². The molecule has 2 heterocycles. The molecule has 1 aromatic heterocycles. The monoisotopic (exact) mass is 417 g/mol. The van der Waals surface area contributed by atoms with Crippen molar-refractivity contribution < 1.29 is 23.8 Å². The summed E-state index contributed by atoms with van der Waals surface area (Å²) in [4.78, 5) is 31.2. The maximum atomic E-state index is 12.6. The molecule has 2 amide bonds. The highest BCUT2D eigenvalue weighted by molar-refractivity contribution is 6.00. The lowest BCUT2D eigenvalue weighted by Gasteiger charge is -2.29. The Morgan fingerprint density at radius 3 is 2.43 bits per heavy atom. The first-order valence-corrected chi connectivity index (χ1v) is 9.78. The molecule has 1 aliphatic rings. The van der Waals surface area contributed by atoms with E-state index in [1.165, 1.54) is 6.92 Å². The second kappa shape index (κ2) is 9.70. The molecule has 0 aliphatic carbocycles. The molecule has 1 saturated heterocycles. The van der Waals surface area contributed by atoms with E-state index in [0.29, 0.717) is 18.9 Å². The molecule has 0 spiro atoms. The summed E-state index contributed by atoms with van der Waals surface area (Å²) in [5, 5.41) is 15.2. The Morgan fingerprint density at radius 2 is 1.87 bits per heavy atom. The van der Waals surface area contributed by atoms with Gasteiger partial charge in [-0.1, -0.05) is 0 Å². The lowest BCUT2D eigenvalue weighted by molar-refractivity contribution is -0.120. The van der Waals surface area contributed by atoms with Crippen molar-refractivity contribution in [2.45, 2.75) is 32.0 Å². The summed E-state index contributed by atoms with van der Waals surface area (Å²) in [5.41, 5.74) is 7.24. The number of nitrogens with zero attached hydrogens (tertiary/aromatic N) is 2. The van der Waals surface area contributed by atoms with E-state index in [0.717, 1.165) is 25.0 Å². The average Bonchev–Trinajstić information content (AvgIpc) is 3.23. The van der Waals surface area contributed by atoms with Crippen molar-refractivity contribution >= 4 is 23.2 Å². The van der Waals surface area contributed by atoms with Gasteiger partial charge in [-0.15, -0.1) is 0 Å². The molecule has 0 bridgehead atoms. The molecule has 10 heteroatoms.